The normalized spacial score (nSPS) is 21.3. The highest BCUT2D eigenvalue weighted by atomic mass is 35.5. The summed E-state index contributed by atoms with van der Waals surface area (Å²) in [6, 6.07) is 0. The van der Waals surface area contributed by atoms with E-state index >= 15 is 0 Å². The highest BCUT2D eigenvalue weighted by molar-refractivity contribution is 6.32. The van der Waals surface area contributed by atoms with Crippen LogP contribution in [0.4, 0.5) is 4.79 Å². The molecule has 0 fully saturated rings. The summed E-state index contributed by atoms with van der Waals surface area (Å²) in [6.07, 6.45) is 2.36. The van der Waals surface area contributed by atoms with E-state index in [1.54, 1.807) is 20.8 Å². The van der Waals surface area contributed by atoms with E-state index in [2.05, 4.69) is 0 Å². The molecule has 0 aromatic heterocycles. The summed E-state index contributed by atoms with van der Waals surface area (Å²) in [5, 5.41) is 0.147. The molecule has 1 aliphatic rings. The summed E-state index contributed by atoms with van der Waals surface area (Å²) in [5.41, 5.74) is 4.63. The molecule has 1 amide bonds. The Kier molecular flexibility index (Phi) is 3.76. The van der Waals surface area contributed by atoms with Crippen LogP contribution >= 0.6 is 23.2 Å². The van der Waals surface area contributed by atoms with E-state index < -0.39 is 17.2 Å². The number of hydrogen-bond donors (Lipinski definition) is 1. The fourth-order valence-electron chi connectivity index (χ4n) is 1.11. The topological polar surface area (TPSA) is 55.6 Å². The van der Waals surface area contributed by atoms with Crippen molar-refractivity contribution in [3.63, 3.8) is 0 Å². The van der Waals surface area contributed by atoms with Crippen molar-refractivity contribution in [1.29, 1.82) is 0 Å². The molecule has 1 unspecified atom stereocenters. The Morgan fingerprint density at radius 1 is 1.56 bits per heavy atom. The lowest BCUT2D eigenvalue weighted by Gasteiger charge is -2.30. The van der Waals surface area contributed by atoms with Gasteiger partial charge in [0.1, 0.15) is 16.3 Å². The van der Waals surface area contributed by atoms with Crippen LogP contribution in [0.25, 0.3) is 0 Å². The largest absolute Gasteiger partial charge is 0.443 e. The molecular weight excluding hydrogens is 251 g/mol. The van der Waals surface area contributed by atoms with Crippen molar-refractivity contribution in [2.45, 2.75) is 31.9 Å². The smallest absolute Gasteiger partial charge is 0.417 e. The SMILES string of the molecule is CC(C)(C)OC(=O)N1C(Cl)=CC(N)=CC1Cl. The fourth-order valence-corrected chi connectivity index (χ4v) is 1.79. The zero-order valence-electron chi connectivity index (χ0n) is 9.33. The van der Waals surface area contributed by atoms with Crippen LogP contribution in [0, 0.1) is 0 Å². The van der Waals surface area contributed by atoms with Gasteiger partial charge in [0.15, 0.2) is 0 Å². The number of rotatable bonds is 0. The first-order valence-corrected chi connectivity index (χ1v) is 5.53. The van der Waals surface area contributed by atoms with Gasteiger partial charge in [-0.15, -0.1) is 0 Å². The summed E-state index contributed by atoms with van der Waals surface area (Å²) >= 11 is 11.8. The molecule has 6 heteroatoms. The quantitative estimate of drug-likeness (QED) is 0.541. The van der Waals surface area contributed by atoms with Gasteiger partial charge in [-0.2, -0.15) is 0 Å². The Morgan fingerprint density at radius 2 is 2.12 bits per heavy atom. The number of amides is 1. The Balaban J connectivity index is 2.82. The third-order valence-electron chi connectivity index (χ3n) is 1.68. The van der Waals surface area contributed by atoms with Gasteiger partial charge in [-0.1, -0.05) is 23.2 Å². The van der Waals surface area contributed by atoms with E-state index in [1.165, 1.54) is 12.2 Å². The highest BCUT2D eigenvalue weighted by Crippen LogP contribution is 2.26. The van der Waals surface area contributed by atoms with Gasteiger partial charge in [-0.3, -0.25) is 0 Å². The van der Waals surface area contributed by atoms with Crippen molar-refractivity contribution in [3.8, 4) is 0 Å². The minimum absolute atomic E-state index is 0.147. The van der Waals surface area contributed by atoms with Crippen molar-refractivity contribution < 1.29 is 9.53 Å². The van der Waals surface area contributed by atoms with Crippen LogP contribution in [0.15, 0.2) is 23.0 Å². The van der Waals surface area contributed by atoms with Gasteiger partial charge in [-0.25, -0.2) is 9.69 Å². The molecule has 0 radical (unpaired) electrons. The van der Waals surface area contributed by atoms with Crippen LogP contribution in [0.5, 0.6) is 0 Å². The predicted molar refractivity (Wildman–Crippen MR) is 63.9 cm³/mol. The lowest BCUT2D eigenvalue weighted by atomic mass is 10.2. The molecule has 0 saturated carbocycles. The standard InChI is InChI=1S/C10H14Cl2N2O2/c1-10(2,3)16-9(15)14-7(11)4-6(13)5-8(14)12/h4-5,7H,13H2,1-3H3. The number of nitrogens with zero attached hydrogens (tertiary/aromatic N) is 1. The second kappa shape index (κ2) is 4.55. The number of ether oxygens (including phenoxy) is 1. The molecule has 0 bridgehead atoms. The summed E-state index contributed by atoms with van der Waals surface area (Å²) in [7, 11) is 0. The van der Waals surface area contributed by atoms with E-state index in [0.29, 0.717) is 5.70 Å². The summed E-state index contributed by atoms with van der Waals surface area (Å²) in [6.45, 7) is 5.29. The Labute approximate surface area is 105 Å². The highest BCUT2D eigenvalue weighted by Gasteiger charge is 2.30. The van der Waals surface area contributed by atoms with E-state index in [0.717, 1.165) is 4.90 Å². The van der Waals surface area contributed by atoms with Gasteiger partial charge < -0.3 is 10.5 Å². The molecule has 4 nitrogen and oxygen atoms in total. The molecule has 1 rings (SSSR count). The van der Waals surface area contributed by atoms with Gasteiger partial charge in [0.2, 0.25) is 0 Å². The van der Waals surface area contributed by atoms with Crippen molar-refractivity contribution in [1.82, 2.24) is 4.90 Å². The number of alkyl halides is 1. The van der Waals surface area contributed by atoms with Crippen molar-refractivity contribution in [3.05, 3.63) is 23.0 Å². The van der Waals surface area contributed by atoms with E-state index in [1.807, 2.05) is 0 Å². The Morgan fingerprint density at radius 3 is 2.56 bits per heavy atom. The summed E-state index contributed by atoms with van der Waals surface area (Å²) in [4.78, 5) is 12.9. The van der Waals surface area contributed by atoms with E-state index in [4.69, 9.17) is 33.7 Å². The third-order valence-corrected chi connectivity index (χ3v) is 2.30. The minimum atomic E-state index is -0.729. The number of hydrogen-bond acceptors (Lipinski definition) is 3. The number of allylic oxidation sites excluding steroid dienone is 1. The van der Waals surface area contributed by atoms with Crippen LogP contribution in [0.2, 0.25) is 0 Å². The number of carbonyl (C=O) groups excluding carboxylic acids is 1. The number of halogens is 2. The average Bonchev–Trinajstić information content (AvgIpc) is 1.96. The predicted octanol–water partition coefficient (Wildman–Crippen LogP) is 2.72. The van der Waals surface area contributed by atoms with Gasteiger partial charge in [0.05, 0.1) is 0 Å². The van der Waals surface area contributed by atoms with Crippen LogP contribution < -0.4 is 5.73 Å². The zero-order valence-corrected chi connectivity index (χ0v) is 10.8. The van der Waals surface area contributed by atoms with Crippen LogP contribution in [0.1, 0.15) is 20.8 Å². The first-order chi connectivity index (χ1) is 7.20. The van der Waals surface area contributed by atoms with Gasteiger partial charge in [-0.05, 0) is 32.9 Å². The second-order valence-corrected chi connectivity index (χ2v) is 5.19. The first-order valence-electron chi connectivity index (χ1n) is 4.71. The van der Waals surface area contributed by atoms with Crippen LogP contribution in [-0.4, -0.2) is 22.1 Å². The van der Waals surface area contributed by atoms with Crippen LogP contribution in [0.3, 0.4) is 0 Å². The molecule has 1 heterocycles. The third kappa shape index (κ3) is 3.32. The molecule has 1 atom stereocenters. The van der Waals surface area contributed by atoms with Gasteiger partial charge in [0, 0.05) is 5.70 Å². The number of carbonyl (C=O) groups is 1. The zero-order chi connectivity index (χ0) is 12.5. The monoisotopic (exact) mass is 264 g/mol. The molecule has 0 saturated heterocycles. The van der Waals surface area contributed by atoms with Crippen molar-refractivity contribution in [2.75, 3.05) is 0 Å². The molecule has 1 aliphatic heterocycles. The van der Waals surface area contributed by atoms with Gasteiger partial charge >= 0.3 is 6.09 Å². The number of nitrogens with two attached hydrogens (primary N) is 1. The van der Waals surface area contributed by atoms with E-state index in [9.17, 15) is 4.79 Å². The molecule has 0 aromatic carbocycles. The van der Waals surface area contributed by atoms with Crippen LogP contribution in [-0.2, 0) is 4.74 Å². The molecule has 0 spiro atoms. The Bertz CT molecular complexity index is 358. The first kappa shape index (κ1) is 13.2. The maximum atomic E-state index is 11.8. The molecule has 0 aliphatic carbocycles. The molecular formula is C10H14Cl2N2O2. The molecule has 90 valence electrons. The maximum absolute atomic E-state index is 11.8. The lowest BCUT2D eigenvalue weighted by Crippen LogP contribution is -2.40. The molecule has 16 heavy (non-hydrogen) atoms. The molecule has 0 aromatic rings. The van der Waals surface area contributed by atoms with Crippen molar-refractivity contribution in [2.24, 2.45) is 5.73 Å². The lowest BCUT2D eigenvalue weighted by molar-refractivity contribution is 0.0324. The average molecular weight is 265 g/mol. The summed E-state index contributed by atoms with van der Waals surface area (Å²) < 4.78 is 5.16. The minimum Gasteiger partial charge on any atom is -0.443 e. The fraction of sp³-hybridized carbons (Fsp3) is 0.500. The summed E-state index contributed by atoms with van der Waals surface area (Å²) in [5.74, 6) is 0. The Hall–Kier alpha value is -0.870. The van der Waals surface area contributed by atoms with Gasteiger partial charge in [0.25, 0.3) is 0 Å². The van der Waals surface area contributed by atoms with Crippen molar-refractivity contribution >= 4 is 29.3 Å². The second-order valence-electron chi connectivity index (χ2n) is 4.36. The maximum Gasteiger partial charge on any atom is 0.417 e. The molecule has 2 N–H and O–H groups in total. The van der Waals surface area contributed by atoms with E-state index in [-0.39, 0.29) is 5.16 Å².